The summed E-state index contributed by atoms with van der Waals surface area (Å²) in [5.74, 6) is 0.128. The molecule has 19 heteroatoms. The number of unbranched alkanes of at least 4 members (excludes halogenated alkanes) is 38. The van der Waals surface area contributed by atoms with E-state index in [1.54, 1.807) is 0 Å². The Morgan fingerprint density at radius 2 is 0.548 bits per heavy atom. The van der Waals surface area contributed by atoms with Gasteiger partial charge in [-0.3, -0.25) is 37.3 Å². The van der Waals surface area contributed by atoms with E-state index in [0.717, 1.165) is 108 Å². The Bertz CT molecular complexity index is 1820. The molecule has 552 valence electrons. The van der Waals surface area contributed by atoms with Gasteiger partial charge in [0.05, 0.1) is 26.4 Å². The summed E-state index contributed by atoms with van der Waals surface area (Å²) in [5, 5.41) is 10.6. The number of hydrogen-bond acceptors (Lipinski definition) is 15. The number of aliphatic hydroxyl groups is 1. The average molecular weight is 1370 g/mol. The molecule has 93 heavy (non-hydrogen) atoms. The Morgan fingerprint density at radius 3 is 0.817 bits per heavy atom. The molecule has 4 unspecified atom stereocenters. The van der Waals surface area contributed by atoms with Crippen LogP contribution in [0.2, 0.25) is 0 Å². The van der Waals surface area contributed by atoms with E-state index in [9.17, 15) is 43.2 Å². The van der Waals surface area contributed by atoms with E-state index in [4.69, 9.17) is 37.0 Å². The number of carbonyl (C=O) groups excluding carboxylic acids is 4. The van der Waals surface area contributed by atoms with Crippen LogP contribution < -0.4 is 0 Å². The first-order chi connectivity index (χ1) is 44.8. The Morgan fingerprint density at radius 1 is 0.312 bits per heavy atom. The van der Waals surface area contributed by atoms with Gasteiger partial charge in [0.25, 0.3) is 0 Å². The monoisotopic (exact) mass is 1370 g/mol. The van der Waals surface area contributed by atoms with Gasteiger partial charge in [-0.2, -0.15) is 0 Å². The Labute approximate surface area is 568 Å². The second kappa shape index (κ2) is 64.7. The van der Waals surface area contributed by atoms with Gasteiger partial charge in [-0.1, -0.05) is 325 Å². The normalized spacial score (nSPS) is 14.7. The van der Waals surface area contributed by atoms with Gasteiger partial charge in [-0.15, -0.1) is 0 Å². The minimum atomic E-state index is -4.96. The van der Waals surface area contributed by atoms with Crippen molar-refractivity contribution < 1.29 is 80.2 Å². The van der Waals surface area contributed by atoms with Gasteiger partial charge in [0.15, 0.2) is 12.2 Å². The van der Waals surface area contributed by atoms with Crippen molar-refractivity contribution in [3.8, 4) is 0 Å². The van der Waals surface area contributed by atoms with Crippen molar-refractivity contribution in [2.75, 3.05) is 39.6 Å². The van der Waals surface area contributed by atoms with Gasteiger partial charge in [-0.25, -0.2) is 9.13 Å². The maximum Gasteiger partial charge on any atom is 0.472 e. The highest BCUT2D eigenvalue weighted by atomic mass is 31.2. The Kier molecular flexibility index (Phi) is 63.4. The Hall–Kier alpha value is -1.94. The van der Waals surface area contributed by atoms with Gasteiger partial charge in [0.2, 0.25) is 0 Å². The molecule has 0 amide bonds. The zero-order valence-corrected chi connectivity index (χ0v) is 62.5. The fraction of sp³-hybridized carbons (Fsp3) is 0.946. The predicted molar refractivity (Wildman–Crippen MR) is 377 cm³/mol. The molecule has 0 bridgehead atoms. The van der Waals surface area contributed by atoms with Crippen molar-refractivity contribution in [2.45, 2.75) is 394 Å². The lowest BCUT2D eigenvalue weighted by Crippen LogP contribution is -2.30. The summed E-state index contributed by atoms with van der Waals surface area (Å²) in [4.78, 5) is 72.7. The van der Waals surface area contributed by atoms with Crippen molar-refractivity contribution in [2.24, 2.45) is 17.8 Å². The third-order valence-electron chi connectivity index (χ3n) is 17.9. The largest absolute Gasteiger partial charge is 0.472 e. The van der Waals surface area contributed by atoms with Crippen molar-refractivity contribution >= 4 is 39.5 Å². The third-order valence-corrected chi connectivity index (χ3v) is 19.8. The van der Waals surface area contributed by atoms with Crippen molar-refractivity contribution in [1.82, 2.24) is 0 Å². The minimum Gasteiger partial charge on any atom is -0.462 e. The molecule has 7 atom stereocenters. The standard InChI is InChI=1S/C74H144O17P2/c1-8-11-12-13-14-15-16-17-18-19-20-21-22-23-24-25-35-43-50-57-73(78)90-69(61-84-71(76)55-48-41-34-28-26-32-39-46-53-66(6)9-2)63-88-92(80,81)86-59-68(75)60-87-93(82,83)89-64-70(62-85-72(77)56-49-42-37-30-31-38-45-52-65(4)5)91-74(79)58-51-44-36-29-27-33-40-47-54-67(7)10-3/h65-70,75H,8-64H2,1-7H3,(H,80,81)(H,82,83)/t66?,67?,68-,69-,70-/m1/s1. The molecule has 0 aliphatic heterocycles. The molecular weight excluding hydrogens is 1220 g/mol. The lowest BCUT2D eigenvalue weighted by Gasteiger charge is -2.21. The fourth-order valence-electron chi connectivity index (χ4n) is 11.2. The average Bonchev–Trinajstić information content (AvgIpc) is 3.74. The maximum atomic E-state index is 13.1. The molecule has 0 radical (unpaired) electrons. The summed E-state index contributed by atoms with van der Waals surface area (Å²) in [5.41, 5.74) is 0. The van der Waals surface area contributed by atoms with Crippen LogP contribution >= 0.6 is 15.6 Å². The summed E-state index contributed by atoms with van der Waals surface area (Å²) in [6.07, 6.45) is 50.0. The zero-order chi connectivity index (χ0) is 68.7. The quantitative estimate of drug-likeness (QED) is 0.0222. The number of hydrogen-bond donors (Lipinski definition) is 3. The van der Waals surface area contributed by atoms with Crippen LogP contribution in [0.3, 0.4) is 0 Å². The number of ether oxygens (including phenoxy) is 4. The first-order valence-electron chi connectivity index (χ1n) is 38.4. The molecule has 0 fully saturated rings. The van der Waals surface area contributed by atoms with E-state index in [-0.39, 0.29) is 25.7 Å². The van der Waals surface area contributed by atoms with E-state index in [0.29, 0.717) is 31.6 Å². The second-order valence-electron chi connectivity index (χ2n) is 27.6. The molecule has 3 N–H and O–H groups in total. The molecule has 0 rings (SSSR count). The molecular formula is C74H144O17P2. The van der Waals surface area contributed by atoms with E-state index in [2.05, 4.69) is 48.5 Å². The molecule has 0 aromatic heterocycles. The number of aliphatic hydroxyl groups excluding tert-OH is 1. The summed E-state index contributed by atoms with van der Waals surface area (Å²) in [6, 6.07) is 0. The number of carbonyl (C=O) groups is 4. The van der Waals surface area contributed by atoms with Gasteiger partial charge in [0, 0.05) is 25.7 Å². The first-order valence-corrected chi connectivity index (χ1v) is 41.4. The SMILES string of the molecule is CCCCCCCCCCCCCCCCCCCCCC(=O)O[C@H](COC(=O)CCCCCCCCCCC(C)CC)COP(=O)(O)OC[C@@H](O)COP(=O)(O)OC[C@@H](COC(=O)CCCCCCCCCC(C)C)OC(=O)CCCCCCCCCCC(C)CC. The Balaban J connectivity index is 5.23. The molecule has 0 aromatic carbocycles. The summed E-state index contributed by atoms with van der Waals surface area (Å²) >= 11 is 0. The highest BCUT2D eigenvalue weighted by Crippen LogP contribution is 2.45. The first kappa shape index (κ1) is 91.1. The molecule has 0 aliphatic rings. The topological polar surface area (TPSA) is 237 Å². The van der Waals surface area contributed by atoms with Crippen LogP contribution in [-0.2, 0) is 65.4 Å². The fourth-order valence-corrected chi connectivity index (χ4v) is 12.8. The van der Waals surface area contributed by atoms with E-state index in [1.165, 1.54) is 180 Å². The highest BCUT2D eigenvalue weighted by molar-refractivity contribution is 7.47. The van der Waals surface area contributed by atoms with Crippen molar-refractivity contribution in [3.63, 3.8) is 0 Å². The lowest BCUT2D eigenvalue weighted by atomic mass is 9.99. The molecule has 0 saturated carbocycles. The second-order valence-corrected chi connectivity index (χ2v) is 30.6. The zero-order valence-electron chi connectivity index (χ0n) is 60.7. The van der Waals surface area contributed by atoms with Gasteiger partial charge in [-0.05, 0) is 43.4 Å². The molecule has 0 saturated heterocycles. The molecule has 0 aliphatic carbocycles. The van der Waals surface area contributed by atoms with Crippen molar-refractivity contribution in [3.05, 3.63) is 0 Å². The summed E-state index contributed by atoms with van der Waals surface area (Å²) in [6.45, 7) is 11.8. The number of phosphoric ester groups is 2. The van der Waals surface area contributed by atoms with Crippen LogP contribution in [0.5, 0.6) is 0 Å². The molecule has 17 nitrogen and oxygen atoms in total. The number of rotatable bonds is 72. The predicted octanol–water partition coefficient (Wildman–Crippen LogP) is 21.4. The summed E-state index contributed by atoms with van der Waals surface area (Å²) < 4.78 is 68.4. The van der Waals surface area contributed by atoms with Crippen LogP contribution in [0.1, 0.15) is 376 Å². The lowest BCUT2D eigenvalue weighted by molar-refractivity contribution is -0.161. The van der Waals surface area contributed by atoms with Gasteiger partial charge in [0.1, 0.15) is 19.3 Å². The molecule has 0 spiro atoms. The van der Waals surface area contributed by atoms with E-state index >= 15 is 0 Å². The highest BCUT2D eigenvalue weighted by Gasteiger charge is 2.30. The number of phosphoric acid groups is 2. The molecule has 0 aromatic rings. The van der Waals surface area contributed by atoms with E-state index in [1.807, 2.05) is 0 Å². The smallest absolute Gasteiger partial charge is 0.462 e. The van der Waals surface area contributed by atoms with E-state index < -0.39 is 97.5 Å². The maximum absolute atomic E-state index is 13.1. The van der Waals surface area contributed by atoms with Crippen LogP contribution in [-0.4, -0.2) is 96.7 Å². The van der Waals surface area contributed by atoms with Gasteiger partial charge >= 0.3 is 39.5 Å². The van der Waals surface area contributed by atoms with Crippen molar-refractivity contribution in [1.29, 1.82) is 0 Å². The van der Waals surface area contributed by atoms with Crippen LogP contribution in [0.25, 0.3) is 0 Å². The summed E-state index contributed by atoms with van der Waals surface area (Å²) in [7, 11) is -9.91. The minimum absolute atomic E-state index is 0.104. The number of esters is 4. The third kappa shape index (κ3) is 65.8. The van der Waals surface area contributed by atoms with Crippen LogP contribution in [0, 0.1) is 17.8 Å². The van der Waals surface area contributed by atoms with Gasteiger partial charge < -0.3 is 33.8 Å². The van der Waals surface area contributed by atoms with Crippen LogP contribution in [0.15, 0.2) is 0 Å². The molecule has 0 heterocycles. The van der Waals surface area contributed by atoms with Crippen LogP contribution in [0.4, 0.5) is 0 Å².